The number of benzene rings is 2. The van der Waals surface area contributed by atoms with Gasteiger partial charge in [0, 0.05) is 17.5 Å². The van der Waals surface area contributed by atoms with Gasteiger partial charge in [0.05, 0.1) is 16.9 Å². The van der Waals surface area contributed by atoms with E-state index in [0.29, 0.717) is 22.5 Å². The Labute approximate surface area is 171 Å². The van der Waals surface area contributed by atoms with Gasteiger partial charge in [0.25, 0.3) is 11.8 Å². The molecule has 5 heteroatoms. The topological polar surface area (TPSA) is 71.1 Å². The van der Waals surface area contributed by atoms with Gasteiger partial charge < -0.3 is 10.6 Å². The summed E-state index contributed by atoms with van der Waals surface area (Å²) in [5.41, 5.74) is 4.09. The van der Waals surface area contributed by atoms with E-state index in [1.165, 1.54) is 6.20 Å². The van der Waals surface area contributed by atoms with E-state index in [2.05, 4.69) is 36.4 Å². The predicted molar refractivity (Wildman–Crippen MR) is 116 cm³/mol. The minimum atomic E-state index is -0.284. The lowest BCUT2D eigenvalue weighted by atomic mass is 9.87. The monoisotopic (exact) mass is 387 g/mol. The lowest BCUT2D eigenvalue weighted by Gasteiger charge is -2.19. The molecule has 0 aliphatic rings. The number of rotatable bonds is 4. The van der Waals surface area contributed by atoms with Crippen LogP contribution in [0.25, 0.3) is 0 Å². The first-order valence-electron chi connectivity index (χ1n) is 9.49. The number of nitrogens with zero attached hydrogens (tertiary/aromatic N) is 1. The molecule has 0 saturated heterocycles. The number of para-hydroxylation sites is 2. The molecule has 0 saturated carbocycles. The Morgan fingerprint density at radius 3 is 1.76 bits per heavy atom. The van der Waals surface area contributed by atoms with Crippen LogP contribution in [-0.2, 0) is 5.41 Å². The number of nitrogens with one attached hydrogen (secondary N) is 2. The fraction of sp³-hybridized carbons (Fsp3) is 0.208. The van der Waals surface area contributed by atoms with E-state index in [1.54, 1.807) is 36.4 Å². The lowest BCUT2D eigenvalue weighted by Crippen LogP contribution is -2.17. The molecule has 29 heavy (non-hydrogen) atoms. The Bertz CT molecular complexity index is 1020. The molecular weight excluding hydrogens is 362 g/mol. The molecule has 0 radical (unpaired) electrons. The molecule has 0 atom stereocenters. The van der Waals surface area contributed by atoms with Crippen LogP contribution in [0.15, 0.2) is 66.9 Å². The molecule has 0 aliphatic carbocycles. The van der Waals surface area contributed by atoms with Gasteiger partial charge in [-0.05, 0) is 54.3 Å². The maximum atomic E-state index is 12.7. The molecule has 2 amide bonds. The molecular formula is C24H25N3O2. The Hall–Kier alpha value is -3.47. The van der Waals surface area contributed by atoms with Gasteiger partial charge in [-0.3, -0.25) is 14.6 Å². The first-order valence-corrected chi connectivity index (χ1v) is 9.49. The Balaban J connectivity index is 1.75. The number of aromatic nitrogens is 1. The number of hydrogen-bond acceptors (Lipinski definition) is 3. The van der Waals surface area contributed by atoms with Gasteiger partial charge in [-0.1, -0.05) is 45.0 Å². The predicted octanol–water partition coefficient (Wildman–Crippen LogP) is 5.19. The van der Waals surface area contributed by atoms with Crippen LogP contribution >= 0.6 is 0 Å². The zero-order chi connectivity index (χ0) is 21.0. The molecule has 1 aromatic heterocycles. The average molecular weight is 387 g/mol. The highest BCUT2D eigenvalue weighted by Crippen LogP contribution is 2.24. The molecule has 0 spiro atoms. The third-order valence-corrected chi connectivity index (χ3v) is 4.61. The van der Waals surface area contributed by atoms with Crippen LogP contribution in [0.1, 0.15) is 52.7 Å². The number of hydrogen-bond donors (Lipinski definition) is 2. The number of amides is 2. The van der Waals surface area contributed by atoms with Crippen molar-refractivity contribution in [1.82, 2.24) is 4.98 Å². The van der Waals surface area contributed by atoms with Crippen molar-refractivity contribution in [3.63, 3.8) is 0 Å². The first-order chi connectivity index (χ1) is 13.7. The normalized spacial score (nSPS) is 11.0. The Kier molecular flexibility index (Phi) is 5.78. The highest BCUT2D eigenvalue weighted by Gasteiger charge is 2.15. The van der Waals surface area contributed by atoms with Crippen LogP contribution in [0, 0.1) is 6.92 Å². The lowest BCUT2D eigenvalue weighted by molar-refractivity contribution is 0.101. The van der Waals surface area contributed by atoms with Crippen LogP contribution in [0.2, 0.25) is 0 Å². The third kappa shape index (κ3) is 5.08. The fourth-order valence-corrected chi connectivity index (χ4v) is 2.81. The van der Waals surface area contributed by atoms with Gasteiger partial charge >= 0.3 is 0 Å². The maximum absolute atomic E-state index is 12.7. The SMILES string of the molecule is Cc1ccc(C(=O)Nc2ccccc2NC(=O)c2ccc(C(C)(C)C)cc2)cn1. The summed E-state index contributed by atoms with van der Waals surface area (Å²) in [6.45, 7) is 8.25. The van der Waals surface area contributed by atoms with Gasteiger partial charge in [0.15, 0.2) is 0 Å². The summed E-state index contributed by atoms with van der Waals surface area (Å²) in [7, 11) is 0. The van der Waals surface area contributed by atoms with Crippen LogP contribution in [0.5, 0.6) is 0 Å². The number of aryl methyl sites for hydroxylation is 1. The van der Waals surface area contributed by atoms with E-state index in [-0.39, 0.29) is 17.2 Å². The summed E-state index contributed by atoms with van der Waals surface area (Å²) in [5, 5.41) is 5.72. The second-order valence-electron chi connectivity index (χ2n) is 7.97. The zero-order valence-electron chi connectivity index (χ0n) is 17.1. The minimum absolute atomic E-state index is 0.0245. The van der Waals surface area contributed by atoms with E-state index in [1.807, 2.05) is 31.2 Å². The molecule has 2 N–H and O–H groups in total. The van der Waals surface area contributed by atoms with E-state index in [4.69, 9.17) is 0 Å². The zero-order valence-corrected chi connectivity index (χ0v) is 17.1. The summed E-state index contributed by atoms with van der Waals surface area (Å²) >= 11 is 0. The average Bonchev–Trinajstić information content (AvgIpc) is 2.69. The summed E-state index contributed by atoms with van der Waals surface area (Å²) in [4.78, 5) is 29.3. The van der Waals surface area contributed by atoms with Crippen molar-refractivity contribution in [2.75, 3.05) is 10.6 Å². The van der Waals surface area contributed by atoms with Crippen LogP contribution in [0.4, 0.5) is 11.4 Å². The van der Waals surface area contributed by atoms with Gasteiger partial charge in [0.1, 0.15) is 0 Å². The van der Waals surface area contributed by atoms with Crippen molar-refractivity contribution in [3.8, 4) is 0 Å². The van der Waals surface area contributed by atoms with Gasteiger partial charge in [-0.25, -0.2) is 0 Å². The number of pyridine rings is 1. The number of carbonyl (C=O) groups is 2. The van der Waals surface area contributed by atoms with Crippen molar-refractivity contribution < 1.29 is 9.59 Å². The molecule has 3 aromatic rings. The van der Waals surface area contributed by atoms with Crippen molar-refractivity contribution in [3.05, 3.63) is 89.2 Å². The summed E-state index contributed by atoms with van der Waals surface area (Å²) in [6.07, 6.45) is 1.53. The van der Waals surface area contributed by atoms with Gasteiger partial charge in [-0.15, -0.1) is 0 Å². The fourth-order valence-electron chi connectivity index (χ4n) is 2.81. The van der Waals surface area contributed by atoms with E-state index < -0.39 is 0 Å². The highest BCUT2D eigenvalue weighted by molar-refractivity contribution is 6.09. The molecule has 3 rings (SSSR count). The van der Waals surface area contributed by atoms with E-state index in [0.717, 1.165) is 11.3 Å². The molecule has 0 bridgehead atoms. The van der Waals surface area contributed by atoms with Crippen molar-refractivity contribution in [2.45, 2.75) is 33.1 Å². The van der Waals surface area contributed by atoms with Crippen LogP contribution < -0.4 is 10.6 Å². The minimum Gasteiger partial charge on any atom is -0.320 e. The molecule has 0 fully saturated rings. The summed E-state index contributed by atoms with van der Waals surface area (Å²) in [5.74, 6) is -0.516. The van der Waals surface area contributed by atoms with Crippen molar-refractivity contribution in [2.24, 2.45) is 0 Å². The van der Waals surface area contributed by atoms with Gasteiger partial charge in [-0.2, -0.15) is 0 Å². The maximum Gasteiger partial charge on any atom is 0.257 e. The smallest absolute Gasteiger partial charge is 0.257 e. The first kappa shape index (κ1) is 20.3. The van der Waals surface area contributed by atoms with Crippen molar-refractivity contribution >= 4 is 23.2 Å². The summed E-state index contributed by atoms with van der Waals surface area (Å²) < 4.78 is 0. The Morgan fingerprint density at radius 1 is 0.759 bits per heavy atom. The summed E-state index contributed by atoms with van der Waals surface area (Å²) in [6, 6.07) is 18.2. The standard InChI is InChI=1S/C24H25N3O2/c1-16-9-10-18(15-25-16)23(29)27-21-8-6-5-7-20(21)26-22(28)17-11-13-19(14-12-17)24(2,3)4/h5-15H,1-4H3,(H,26,28)(H,27,29). The van der Waals surface area contributed by atoms with E-state index in [9.17, 15) is 9.59 Å². The largest absolute Gasteiger partial charge is 0.320 e. The van der Waals surface area contributed by atoms with Crippen LogP contribution in [-0.4, -0.2) is 16.8 Å². The second kappa shape index (κ2) is 8.27. The van der Waals surface area contributed by atoms with Crippen LogP contribution in [0.3, 0.4) is 0 Å². The van der Waals surface area contributed by atoms with Crippen molar-refractivity contribution in [1.29, 1.82) is 0 Å². The highest BCUT2D eigenvalue weighted by atomic mass is 16.2. The molecule has 5 nitrogen and oxygen atoms in total. The number of anilines is 2. The molecule has 1 heterocycles. The third-order valence-electron chi connectivity index (χ3n) is 4.61. The van der Waals surface area contributed by atoms with Gasteiger partial charge in [0.2, 0.25) is 0 Å². The molecule has 0 aliphatic heterocycles. The molecule has 2 aromatic carbocycles. The molecule has 0 unspecified atom stereocenters. The van der Waals surface area contributed by atoms with E-state index >= 15 is 0 Å². The second-order valence-corrected chi connectivity index (χ2v) is 7.97. The quantitative estimate of drug-likeness (QED) is 0.647. The Morgan fingerprint density at radius 2 is 1.28 bits per heavy atom. The number of carbonyl (C=O) groups excluding carboxylic acids is 2. The molecule has 148 valence electrons.